The van der Waals surface area contributed by atoms with Gasteiger partial charge in [-0.1, -0.05) is 0 Å². The van der Waals surface area contributed by atoms with Crippen LogP contribution < -0.4 is 5.69 Å². The van der Waals surface area contributed by atoms with E-state index >= 15 is 0 Å². The molecule has 4 unspecified atom stereocenters. The van der Waals surface area contributed by atoms with E-state index in [2.05, 4.69) is 4.98 Å². The third-order valence-corrected chi connectivity index (χ3v) is 3.18. The maximum Gasteiger partial charge on any atom is 0.349 e. The summed E-state index contributed by atoms with van der Waals surface area (Å²) in [7, 11) is 0. The van der Waals surface area contributed by atoms with Gasteiger partial charge in [0.25, 0.3) is 0 Å². The van der Waals surface area contributed by atoms with E-state index in [9.17, 15) is 15.0 Å². The van der Waals surface area contributed by atoms with Crippen LogP contribution in [0.25, 0.3) is 0 Å². The van der Waals surface area contributed by atoms with Gasteiger partial charge < -0.3 is 20.1 Å². The minimum atomic E-state index is -1.27. The largest absolute Gasteiger partial charge is 0.394 e. The Kier molecular flexibility index (Phi) is 3.49. The van der Waals surface area contributed by atoms with Gasteiger partial charge in [-0.2, -0.15) is 4.98 Å². The van der Waals surface area contributed by atoms with Gasteiger partial charge in [0, 0.05) is 11.9 Å². The number of ether oxygens (including phenoxy) is 1. The third kappa shape index (κ3) is 2.05. The predicted molar refractivity (Wildman–Crippen MR) is 61.0 cm³/mol. The van der Waals surface area contributed by atoms with Crippen LogP contribution in [0.1, 0.15) is 17.5 Å². The van der Waals surface area contributed by atoms with Crippen molar-refractivity contribution in [3.63, 3.8) is 0 Å². The van der Waals surface area contributed by atoms with Gasteiger partial charge >= 0.3 is 5.69 Å². The van der Waals surface area contributed by atoms with Crippen molar-refractivity contribution in [1.82, 2.24) is 9.55 Å². The number of aromatic nitrogens is 2. The van der Waals surface area contributed by atoms with Gasteiger partial charge in [-0.15, -0.1) is 0 Å². The SMILES string of the molecule is Cc1cn(C2OC(CO)C(O)C2O)c(=O)nc1C. The molecule has 3 N–H and O–H groups in total. The summed E-state index contributed by atoms with van der Waals surface area (Å²) in [6.07, 6.45) is -2.92. The Morgan fingerprint density at radius 1 is 1.39 bits per heavy atom. The van der Waals surface area contributed by atoms with Crippen LogP contribution in [0.3, 0.4) is 0 Å². The van der Waals surface area contributed by atoms with E-state index in [0.717, 1.165) is 10.1 Å². The first kappa shape index (κ1) is 13.2. The fraction of sp³-hybridized carbons (Fsp3) is 0.636. The molecule has 0 aromatic carbocycles. The van der Waals surface area contributed by atoms with Gasteiger partial charge in [0.1, 0.15) is 18.3 Å². The third-order valence-electron chi connectivity index (χ3n) is 3.18. The Hall–Kier alpha value is -1.28. The van der Waals surface area contributed by atoms with Gasteiger partial charge in [-0.05, 0) is 19.4 Å². The van der Waals surface area contributed by atoms with Crippen molar-refractivity contribution >= 4 is 0 Å². The normalized spacial score (nSPS) is 31.8. The first-order chi connectivity index (χ1) is 8.45. The molecule has 0 saturated carbocycles. The highest BCUT2D eigenvalue weighted by molar-refractivity contribution is 5.12. The minimum absolute atomic E-state index is 0.429. The zero-order valence-corrected chi connectivity index (χ0v) is 10.1. The summed E-state index contributed by atoms with van der Waals surface area (Å²) >= 11 is 0. The predicted octanol–water partition coefficient (Wildman–Crippen LogP) is -1.53. The molecule has 0 radical (unpaired) electrons. The van der Waals surface area contributed by atoms with Crippen molar-refractivity contribution in [2.75, 3.05) is 6.61 Å². The molecule has 1 aliphatic heterocycles. The number of hydrogen-bond acceptors (Lipinski definition) is 6. The quantitative estimate of drug-likeness (QED) is 0.593. The van der Waals surface area contributed by atoms with Crippen molar-refractivity contribution in [2.45, 2.75) is 38.4 Å². The van der Waals surface area contributed by atoms with Crippen LogP contribution in [0, 0.1) is 13.8 Å². The van der Waals surface area contributed by atoms with Crippen LogP contribution in [-0.4, -0.2) is 49.8 Å². The van der Waals surface area contributed by atoms with Crippen LogP contribution in [0.15, 0.2) is 11.0 Å². The summed E-state index contributed by atoms with van der Waals surface area (Å²) in [6.45, 7) is 3.06. The molecule has 100 valence electrons. The second kappa shape index (κ2) is 4.77. The van der Waals surface area contributed by atoms with E-state index in [1.807, 2.05) is 0 Å². The van der Waals surface area contributed by atoms with Gasteiger partial charge in [-0.25, -0.2) is 4.79 Å². The summed E-state index contributed by atoms with van der Waals surface area (Å²) in [5.74, 6) is 0. The van der Waals surface area contributed by atoms with E-state index in [-0.39, 0.29) is 0 Å². The molecular weight excluding hydrogens is 240 g/mol. The smallest absolute Gasteiger partial charge is 0.349 e. The zero-order chi connectivity index (χ0) is 13.4. The fourth-order valence-electron chi connectivity index (χ4n) is 1.94. The first-order valence-electron chi connectivity index (χ1n) is 5.64. The van der Waals surface area contributed by atoms with E-state index in [1.165, 1.54) is 6.20 Å². The average Bonchev–Trinajstić information content (AvgIpc) is 2.61. The second-order valence-corrected chi connectivity index (χ2v) is 4.43. The fourth-order valence-corrected chi connectivity index (χ4v) is 1.94. The topological polar surface area (TPSA) is 105 Å². The average molecular weight is 256 g/mol. The lowest BCUT2D eigenvalue weighted by molar-refractivity contribution is -0.0550. The Balaban J connectivity index is 2.39. The summed E-state index contributed by atoms with van der Waals surface area (Å²) < 4.78 is 6.40. The van der Waals surface area contributed by atoms with Crippen molar-refractivity contribution in [3.05, 3.63) is 27.9 Å². The van der Waals surface area contributed by atoms with E-state index < -0.39 is 36.8 Å². The molecule has 4 atom stereocenters. The zero-order valence-electron chi connectivity index (χ0n) is 10.1. The highest BCUT2D eigenvalue weighted by atomic mass is 16.6. The molecule has 7 nitrogen and oxygen atoms in total. The van der Waals surface area contributed by atoms with Gasteiger partial charge in [0.15, 0.2) is 6.23 Å². The molecule has 2 heterocycles. The monoisotopic (exact) mass is 256 g/mol. The van der Waals surface area contributed by atoms with E-state index in [0.29, 0.717) is 5.69 Å². The summed E-state index contributed by atoms with van der Waals surface area (Å²) in [6, 6.07) is 0. The molecule has 18 heavy (non-hydrogen) atoms. The van der Waals surface area contributed by atoms with Crippen LogP contribution >= 0.6 is 0 Å². The molecule has 1 aromatic rings. The van der Waals surface area contributed by atoms with Crippen LogP contribution in [0.5, 0.6) is 0 Å². The maximum atomic E-state index is 11.7. The number of aryl methyl sites for hydroxylation is 2. The molecule has 0 bridgehead atoms. The van der Waals surface area contributed by atoms with Crippen molar-refractivity contribution in [2.24, 2.45) is 0 Å². The number of rotatable bonds is 2. The van der Waals surface area contributed by atoms with Gasteiger partial charge in [0.2, 0.25) is 0 Å². The van der Waals surface area contributed by atoms with Gasteiger partial charge in [0.05, 0.1) is 6.61 Å². The first-order valence-corrected chi connectivity index (χ1v) is 5.64. The van der Waals surface area contributed by atoms with Crippen LogP contribution in [-0.2, 0) is 4.74 Å². The lowest BCUT2D eigenvalue weighted by atomic mass is 10.1. The number of aliphatic hydroxyl groups is 3. The lowest BCUT2D eigenvalue weighted by Gasteiger charge is -2.17. The Bertz CT molecular complexity index is 501. The molecule has 7 heteroatoms. The van der Waals surface area contributed by atoms with Crippen molar-refractivity contribution < 1.29 is 20.1 Å². The highest BCUT2D eigenvalue weighted by Crippen LogP contribution is 2.28. The summed E-state index contributed by atoms with van der Waals surface area (Å²) in [5.41, 5.74) is 0.809. The van der Waals surface area contributed by atoms with Crippen molar-refractivity contribution in [1.29, 1.82) is 0 Å². The molecule has 1 fully saturated rings. The van der Waals surface area contributed by atoms with Crippen LogP contribution in [0.2, 0.25) is 0 Å². The van der Waals surface area contributed by atoms with E-state index in [1.54, 1.807) is 13.8 Å². The molecule has 2 rings (SSSR count). The number of aliphatic hydroxyl groups excluding tert-OH is 3. The molecular formula is C11H16N2O5. The maximum absolute atomic E-state index is 11.7. The summed E-state index contributed by atoms with van der Waals surface area (Å²) in [4.78, 5) is 15.5. The standard InChI is InChI=1S/C11H16N2O5/c1-5-3-13(11(17)12-6(5)2)10-9(16)8(15)7(4-14)18-10/h3,7-10,14-16H,4H2,1-2H3. The molecule has 1 aliphatic rings. The van der Waals surface area contributed by atoms with Crippen molar-refractivity contribution in [3.8, 4) is 0 Å². The summed E-state index contributed by atoms with van der Waals surface area (Å²) in [5, 5.41) is 28.4. The lowest BCUT2D eigenvalue weighted by Crippen LogP contribution is -2.36. The Labute approximate surface area is 103 Å². The van der Waals surface area contributed by atoms with Gasteiger partial charge in [-0.3, -0.25) is 4.57 Å². The molecule has 1 aromatic heterocycles. The van der Waals surface area contributed by atoms with Crippen LogP contribution in [0.4, 0.5) is 0 Å². The molecule has 0 spiro atoms. The molecule has 1 saturated heterocycles. The van der Waals surface area contributed by atoms with E-state index in [4.69, 9.17) is 9.84 Å². The number of nitrogens with zero attached hydrogens (tertiary/aromatic N) is 2. The second-order valence-electron chi connectivity index (χ2n) is 4.43. The highest BCUT2D eigenvalue weighted by Gasteiger charge is 2.43. The minimum Gasteiger partial charge on any atom is -0.394 e. The number of hydrogen-bond donors (Lipinski definition) is 3. The Morgan fingerprint density at radius 3 is 2.61 bits per heavy atom. The Morgan fingerprint density at radius 2 is 2.06 bits per heavy atom. The molecule has 0 amide bonds. The molecule has 0 aliphatic carbocycles.